The topological polar surface area (TPSA) is 26.0 Å². The Hall–Kier alpha value is -0.820. The highest BCUT2D eigenvalue weighted by Gasteiger charge is 1.92. The first-order valence-corrected chi connectivity index (χ1v) is 5.50. The molecule has 0 atom stereocenters. The molecule has 1 aromatic rings. The first-order valence-electron chi connectivity index (χ1n) is 5.50. The van der Waals surface area contributed by atoms with Crippen molar-refractivity contribution >= 4 is 0 Å². The third kappa shape index (κ3) is 5.76. The van der Waals surface area contributed by atoms with Gasteiger partial charge in [-0.3, -0.25) is 0 Å². The molecule has 0 aliphatic carbocycles. The standard InChI is InChI=1S/C9H13N.2C2H6/c1-7-3-4-9(6-10)5-8(7)2;2*1-2/h3-5H,6,10H2,1-2H3;2*1-2H3. The molecule has 82 valence electrons. The Morgan fingerprint density at radius 2 is 1.43 bits per heavy atom. The molecule has 0 saturated carbocycles. The summed E-state index contributed by atoms with van der Waals surface area (Å²) in [6, 6.07) is 6.31. The van der Waals surface area contributed by atoms with Gasteiger partial charge in [0.2, 0.25) is 0 Å². The molecule has 0 aliphatic heterocycles. The Balaban J connectivity index is 0. The molecule has 0 spiro atoms. The van der Waals surface area contributed by atoms with E-state index in [-0.39, 0.29) is 0 Å². The molecule has 2 N–H and O–H groups in total. The lowest BCUT2D eigenvalue weighted by Gasteiger charge is -2.01. The highest BCUT2D eigenvalue weighted by molar-refractivity contribution is 5.29. The van der Waals surface area contributed by atoms with E-state index < -0.39 is 0 Å². The number of benzene rings is 1. The highest BCUT2D eigenvalue weighted by atomic mass is 14.5. The van der Waals surface area contributed by atoms with E-state index in [0.29, 0.717) is 6.54 Å². The van der Waals surface area contributed by atoms with Crippen molar-refractivity contribution in [3.05, 3.63) is 34.9 Å². The van der Waals surface area contributed by atoms with Crippen LogP contribution in [-0.4, -0.2) is 0 Å². The van der Waals surface area contributed by atoms with Gasteiger partial charge in [0, 0.05) is 6.54 Å². The molecule has 0 aliphatic rings. The van der Waals surface area contributed by atoms with E-state index in [4.69, 9.17) is 5.73 Å². The number of hydrogen-bond acceptors (Lipinski definition) is 1. The van der Waals surface area contributed by atoms with Gasteiger partial charge in [-0.15, -0.1) is 0 Å². The summed E-state index contributed by atoms with van der Waals surface area (Å²) < 4.78 is 0. The SMILES string of the molecule is CC.CC.Cc1ccc(CN)cc1C. The molecule has 1 aromatic carbocycles. The number of rotatable bonds is 1. The maximum absolute atomic E-state index is 5.47. The monoisotopic (exact) mass is 195 g/mol. The van der Waals surface area contributed by atoms with Crippen molar-refractivity contribution in [2.75, 3.05) is 0 Å². The average Bonchev–Trinajstić information content (AvgIpc) is 2.28. The minimum Gasteiger partial charge on any atom is -0.326 e. The molecule has 1 rings (SSSR count). The zero-order valence-corrected chi connectivity index (χ0v) is 10.5. The summed E-state index contributed by atoms with van der Waals surface area (Å²) in [6.07, 6.45) is 0. The molecule has 14 heavy (non-hydrogen) atoms. The molecule has 1 heteroatoms. The van der Waals surface area contributed by atoms with Crippen LogP contribution in [0.25, 0.3) is 0 Å². The largest absolute Gasteiger partial charge is 0.326 e. The zero-order valence-electron chi connectivity index (χ0n) is 10.5. The van der Waals surface area contributed by atoms with Gasteiger partial charge in [0.05, 0.1) is 0 Å². The summed E-state index contributed by atoms with van der Waals surface area (Å²) in [5.74, 6) is 0. The summed E-state index contributed by atoms with van der Waals surface area (Å²) in [6.45, 7) is 12.9. The average molecular weight is 195 g/mol. The number of hydrogen-bond donors (Lipinski definition) is 1. The van der Waals surface area contributed by atoms with Crippen molar-refractivity contribution < 1.29 is 0 Å². The fourth-order valence-corrected chi connectivity index (χ4v) is 0.930. The Bertz CT molecular complexity index is 229. The quantitative estimate of drug-likeness (QED) is 0.724. The van der Waals surface area contributed by atoms with Crippen LogP contribution in [0, 0.1) is 13.8 Å². The zero-order chi connectivity index (χ0) is 11.6. The van der Waals surface area contributed by atoms with E-state index in [0.717, 1.165) is 0 Å². The van der Waals surface area contributed by atoms with Gasteiger partial charge in [-0.25, -0.2) is 0 Å². The lowest BCUT2D eigenvalue weighted by molar-refractivity contribution is 1.06. The smallest absolute Gasteiger partial charge is 0.0178 e. The highest BCUT2D eigenvalue weighted by Crippen LogP contribution is 2.08. The van der Waals surface area contributed by atoms with Gasteiger partial charge in [-0.05, 0) is 30.5 Å². The van der Waals surface area contributed by atoms with Gasteiger partial charge in [0.25, 0.3) is 0 Å². The van der Waals surface area contributed by atoms with Crippen LogP contribution in [0.15, 0.2) is 18.2 Å². The van der Waals surface area contributed by atoms with Gasteiger partial charge in [-0.1, -0.05) is 45.9 Å². The van der Waals surface area contributed by atoms with Crippen LogP contribution < -0.4 is 5.73 Å². The maximum Gasteiger partial charge on any atom is 0.0178 e. The van der Waals surface area contributed by atoms with Crippen molar-refractivity contribution in [1.29, 1.82) is 0 Å². The van der Waals surface area contributed by atoms with E-state index in [1.807, 2.05) is 27.7 Å². The second-order valence-electron chi connectivity index (χ2n) is 2.62. The summed E-state index contributed by atoms with van der Waals surface area (Å²) in [5, 5.41) is 0. The van der Waals surface area contributed by atoms with Gasteiger partial charge in [0.1, 0.15) is 0 Å². The molecule has 0 saturated heterocycles. The van der Waals surface area contributed by atoms with Crippen molar-refractivity contribution in [2.24, 2.45) is 5.73 Å². The Labute approximate surface area is 89.3 Å². The van der Waals surface area contributed by atoms with Gasteiger partial charge >= 0.3 is 0 Å². The first-order chi connectivity index (χ1) is 6.74. The third-order valence-electron chi connectivity index (χ3n) is 1.81. The second kappa shape index (κ2) is 10.3. The van der Waals surface area contributed by atoms with Crippen LogP contribution >= 0.6 is 0 Å². The molecular weight excluding hydrogens is 170 g/mol. The van der Waals surface area contributed by atoms with E-state index in [1.165, 1.54) is 16.7 Å². The van der Waals surface area contributed by atoms with E-state index in [2.05, 4.69) is 32.0 Å². The number of nitrogens with two attached hydrogens (primary N) is 1. The molecule has 0 amide bonds. The van der Waals surface area contributed by atoms with Gasteiger partial charge in [-0.2, -0.15) is 0 Å². The molecular formula is C13H25N. The van der Waals surface area contributed by atoms with Crippen LogP contribution in [0.5, 0.6) is 0 Å². The second-order valence-corrected chi connectivity index (χ2v) is 2.62. The fourth-order valence-electron chi connectivity index (χ4n) is 0.930. The molecule has 0 heterocycles. The summed E-state index contributed by atoms with van der Waals surface area (Å²) >= 11 is 0. The minimum atomic E-state index is 0.640. The van der Waals surface area contributed by atoms with E-state index in [1.54, 1.807) is 0 Å². The van der Waals surface area contributed by atoms with Gasteiger partial charge < -0.3 is 5.73 Å². The molecule has 0 unspecified atom stereocenters. The van der Waals surface area contributed by atoms with Crippen LogP contribution in [0.4, 0.5) is 0 Å². The summed E-state index contributed by atoms with van der Waals surface area (Å²) in [7, 11) is 0. The molecule has 0 radical (unpaired) electrons. The maximum atomic E-state index is 5.47. The van der Waals surface area contributed by atoms with Crippen LogP contribution in [0.1, 0.15) is 44.4 Å². The predicted molar refractivity (Wildman–Crippen MR) is 66.5 cm³/mol. The van der Waals surface area contributed by atoms with Crippen molar-refractivity contribution in [3.63, 3.8) is 0 Å². The van der Waals surface area contributed by atoms with Crippen LogP contribution in [-0.2, 0) is 6.54 Å². The van der Waals surface area contributed by atoms with Crippen molar-refractivity contribution in [1.82, 2.24) is 0 Å². The normalized spacial score (nSPS) is 7.93. The van der Waals surface area contributed by atoms with Crippen LogP contribution in [0.3, 0.4) is 0 Å². The summed E-state index contributed by atoms with van der Waals surface area (Å²) in [5.41, 5.74) is 9.33. The molecule has 0 fully saturated rings. The predicted octanol–water partition coefficient (Wildman–Crippen LogP) is 3.81. The summed E-state index contributed by atoms with van der Waals surface area (Å²) in [4.78, 5) is 0. The lowest BCUT2D eigenvalue weighted by atomic mass is 10.1. The van der Waals surface area contributed by atoms with Crippen molar-refractivity contribution in [2.45, 2.75) is 48.1 Å². The minimum absolute atomic E-state index is 0.640. The van der Waals surface area contributed by atoms with Crippen molar-refractivity contribution in [3.8, 4) is 0 Å². The third-order valence-corrected chi connectivity index (χ3v) is 1.81. The van der Waals surface area contributed by atoms with Gasteiger partial charge in [0.15, 0.2) is 0 Å². The Kier molecular flexibility index (Phi) is 11.5. The molecule has 1 nitrogen and oxygen atoms in total. The van der Waals surface area contributed by atoms with E-state index in [9.17, 15) is 0 Å². The fraction of sp³-hybridized carbons (Fsp3) is 0.538. The lowest BCUT2D eigenvalue weighted by Crippen LogP contribution is -1.96. The van der Waals surface area contributed by atoms with Crippen LogP contribution in [0.2, 0.25) is 0 Å². The Morgan fingerprint density at radius 3 is 1.79 bits per heavy atom. The number of aryl methyl sites for hydroxylation is 2. The van der Waals surface area contributed by atoms with E-state index >= 15 is 0 Å². The molecule has 0 bridgehead atoms. The molecule has 0 aromatic heterocycles. The first kappa shape index (κ1) is 15.6. The Morgan fingerprint density at radius 1 is 0.929 bits per heavy atom.